The van der Waals surface area contributed by atoms with Gasteiger partial charge in [-0.15, -0.1) is 0 Å². The van der Waals surface area contributed by atoms with Crippen molar-refractivity contribution in [3.05, 3.63) is 0 Å². The second-order valence-electron chi connectivity index (χ2n) is 2.91. The van der Waals surface area contributed by atoms with Crippen LogP contribution in [-0.2, 0) is 0 Å². The summed E-state index contributed by atoms with van der Waals surface area (Å²) in [7, 11) is -0.631. The van der Waals surface area contributed by atoms with E-state index >= 15 is 0 Å². The molecule has 0 aromatic carbocycles. The normalized spacial score (nSPS) is 9.75. The molecule has 0 heterocycles. The van der Waals surface area contributed by atoms with Gasteiger partial charge in [0, 0.05) is 8.07 Å². The van der Waals surface area contributed by atoms with Crippen molar-refractivity contribution in [2.75, 3.05) is 0 Å². The monoisotopic (exact) mass is 132 g/mol. The molecule has 0 amide bonds. The summed E-state index contributed by atoms with van der Waals surface area (Å²) in [4.78, 5) is 0. The maximum atomic E-state index is 2.38. The summed E-state index contributed by atoms with van der Waals surface area (Å²) in [6, 6.07) is 1.41. The van der Waals surface area contributed by atoms with Gasteiger partial charge >= 0.3 is 0 Å². The van der Waals surface area contributed by atoms with Crippen LogP contribution < -0.4 is 0 Å². The molecular weight excluding hydrogens is 112 g/mol. The van der Waals surface area contributed by atoms with Crippen LogP contribution in [0.15, 0.2) is 0 Å². The van der Waals surface area contributed by atoms with Crippen molar-refractivity contribution in [1.29, 1.82) is 0 Å². The van der Waals surface area contributed by atoms with Gasteiger partial charge in [0.1, 0.15) is 0 Å². The van der Waals surface area contributed by atoms with Gasteiger partial charge in [0.15, 0.2) is 0 Å². The summed E-state index contributed by atoms with van der Waals surface area (Å²) in [6.45, 7) is 13.4. The van der Waals surface area contributed by atoms with E-state index in [0.29, 0.717) is 0 Å². The van der Waals surface area contributed by atoms with Gasteiger partial charge in [-0.05, 0) is 0 Å². The van der Waals surface area contributed by atoms with Gasteiger partial charge in [-0.25, -0.2) is 0 Å². The van der Waals surface area contributed by atoms with E-state index in [1.165, 1.54) is 6.04 Å². The maximum absolute atomic E-state index is 2.38. The number of rotatable bonds is 1. The van der Waals surface area contributed by atoms with E-state index in [0.717, 1.165) is 0 Å². The lowest BCUT2D eigenvalue weighted by Crippen LogP contribution is -2.16. The molecule has 0 aliphatic heterocycles. The Morgan fingerprint density at radius 2 is 1.12 bits per heavy atom. The van der Waals surface area contributed by atoms with Gasteiger partial charge in [0.2, 0.25) is 0 Å². The van der Waals surface area contributed by atoms with Crippen LogP contribution in [0.4, 0.5) is 0 Å². The summed E-state index contributed by atoms with van der Waals surface area (Å²) < 4.78 is 0. The van der Waals surface area contributed by atoms with E-state index in [4.69, 9.17) is 0 Å². The van der Waals surface area contributed by atoms with Gasteiger partial charge in [-0.2, -0.15) is 0 Å². The maximum Gasteiger partial charge on any atom is 0.0439 e. The van der Waals surface area contributed by atoms with Gasteiger partial charge in [0.25, 0.3) is 0 Å². The van der Waals surface area contributed by atoms with E-state index < -0.39 is 8.07 Å². The van der Waals surface area contributed by atoms with Crippen molar-refractivity contribution < 1.29 is 0 Å². The van der Waals surface area contributed by atoms with Crippen LogP contribution in [0.3, 0.4) is 0 Å². The highest BCUT2D eigenvalue weighted by Crippen LogP contribution is 2.04. The summed E-state index contributed by atoms with van der Waals surface area (Å²) >= 11 is 0. The van der Waals surface area contributed by atoms with Crippen LogP contribution in [0.25, 0.3) is 0 Å². The van der Waals surface area contributed by atoms with Crippen LogP contribution in [0.2, 0.25) is 25.7 Å². The molecule has 0 rings (SSSR count). The molecule has 0 nitrogen and oxygen atoms in total. The first-order valence-corrected chi connectivity index (χ1v) is 7.27. The molecule has 0 spiro atoms. The van der Waals surface area contributed by atoms with Gasteiger partial charge in [0.05, 0.1) is 0 Å². The van der Waals surface area contributed by atoms with Crippen LogP contribution >= 0.6 is 0 Å². The minimum absolute atomic E-state index is 0.631. The molecule has 0 saturated heterocycles. The van der Waals surface area contributed by atoms with Gasteiger partial charge in [-0.3, -0.25) is 0 Å². The Balaban J connectivity index is 0. The molecule has 0 fully saturated rings. The summed E-state index contributed by atoms with van der Waals surface area (Å²) in [5.41, 5.74) is 0. The topological polar surface area (TPSA) is 0 Å². The van der Waals surface area contributed by atoms with Crippen LogP contribution in [0.1, 0.15) is 20.8 Å². The van der Waals surface area contributed by atoms with Gasteiger partial charge < -0.3 is 0 Å². The summed E-state index contributed by atoms with van der Waals surface area (Å²) in [6.07, 6.45) is 0. The fourth-order valence-electron chi connectivity index (χ4n) is 0. The number of hydrogen-bond donors (Lipinski definition) is 0. The lowest BCUT2D eigenvalue weighted by Gasteiger charge is -2.09. The molecule has 1 heteroatoms. The molecule has 0 N–H and O–H groups in total. The zero-order chi connectivity index (χ0) is 7.21. The minimum Gasteiger partial charge on any atom is -0.0696 e. The third-order valence-corrected chi connectivity index (χ3v) is 3.18. The Kier molecular flexibility index (Phi) is 7.41. The third-order valence-electron chi connectivity index (χ3n) is 1.06. The highest BCUT2D eigenvalue weighted by atomic mass is 28.3. The lowest BCUT2D eigenvalue weighted by molar-refractivity contribution is 1.36. The van der Waals surface area contributed by atoms with E-state index in [-0.39, 0.29) is 0 Å². The Hall–Kier alpha value is 0.217. The predicted molar refractivity (Wildman–Crippen MR) is 45.2 cm³/mol. The molecule has 0 aromatic heterocycles. The van der Waals surface area contributed by atoms with Crippen molar-refractivity contribution in [2.24, 2.45) is 0 Å². The van der Waals surface area contributed by atoms with E-state index in [2.05, 4.69) is 26.6 Å². The Morgan fingerprint density at radius 3 is 1.12 bits per heavy atom. The van der Waals surface area contributed by atoms with Crippen LogP contribution in [0, 0.1) is 0 Å². The highest BCUT2D eigenvalue weighted by Gasteiger charge is 2.06. The quantitative estimate of drug-likeness (QED) is 0.480. The number of hydrogen-bond acceptors (Lipinski definition) is 0. The fourth-order valence-corrected chi connectivity index (χ4v) is 0. The SMILES string of the molecule is CC.CC[Si](C)(C)C. The van der Waals surface area contributed by atoms with E-state index in [1.54, 1.807) is 0 Å². The van der Waals surface area contributed by atoms with Crippen LogP contribution in [-0.4, -0.2) is 8.07 Å². The molecule has 0 radical (unpaired) electrons. The average molecular weight is 132 g/mol. The molecule has 0 saturated carbocycles. The van der Waals surface area contributed by atoms with E-state index in [1.807, 2.05) is 13.8 Å². The van der Waals surface area contributed by atoms with Crippen molar-refractivity contribution in [3.63, 3.8) is 0 Å². The zero-order valence-corrected chi connectivity index (χ0v) is 8.21. The molecule has 52 valence electrons. The van der Waals surface area contributed by atoms with Gasteiger partial charge in [-0.1, -0.05) is 46.5 Å². The molecule has 0 aliphatic carbocycles. The highest BCUT2D eigenvalue weighted by molar-refractivity contribution is 6.75. The predicted octanol–water partition coefficient (Wildman–Crippen LogP) is 3.37. The molecular formula is C7H20Si. The molecule has 0 bridgehead atoms. The first kappa shape index (κ1) is 11.1. The minimum atomic E-state index is -0.631. The van der Waals surface area contributed by atoms with Crippen molar-refractivity contribution >= 4 is 8.07 Å². The fraction of sp³-hybridized carbons (Fsp3) is 1.00. The first-order valence-electron chi connectivity index (χ1n) is 3.56. The van der Waals surface area contributed by atoms with Crippen LogP contribution in [0.5, 0.6) is 0 Å². The second kappa shape index (κ2) is 5.36. The molecule has 0 unspecified atom stereocenters. The second-order valence-corrected chi connectivity index (χ2v) is 8.74. The summed E-state index contributed by atoms with van der Waals surface area (Å²) in [5, 5.41) is 0. The van der Waals surface area contributed by atoms with Crippen molar-refractivity contribution in [1.82, 2.24) is 0 Å². The standard InChI is InChI=1S/C5H14Si.C2H6/c1-5-6(2,3)4;1-2/h5H2,1-4H3;1-2H3. The lowest BCUT2D eigenvalue weighted by atomic mass is 11.0. The third kappa shape index (κ3) is 16.4. The average Bonchev–Trinajstić information content (AvgIpc) is 1.71. The Bertz CT molecular complexity index is 34.1. The smallest absolute Gasteiger partial charge is 0.0439 e. The molecule has 0 aromatic rings. The molecule has 0 aliphatic rings. The summed E-state index contributed by atoms with van der Waals surface area (Å²) in [5.74, 6) is 0. The molecule has 0 atom stereocenters. The zero-order valence-electron chi connectivity index (χ0n) is 7.21. The van der Waals surface area contributed by atoms with Crippen molar-refractivity contribution in [3.8, 4) is 0 Å². The van der Waals surface area contributed by atoms with Crippen molar-refractivity contribution in [2.45, 2.75) is 46.5 Å². The van der Waals surface area contributed by atoms with E-state index in [9.17, 15) is 0 Å². The Morgan fingerprint density at radius 1 is 1.00 bits per heavy atom. The molecule has 8 heavy (non-hydrogen) atoms. The first-order chi connectivity index (χ1) is 3.56. The largest absolute Gasteiger partial charge is 0.0696 e. The Labute approximate surface area is 55.3 Å².